The minimum Gasteiger partial charge on any atom is -0.398 e. The molecule has 0 radical (unpaired) electrons. The minimum absolute atomic E-state index is 0.0757. The molecule has 0 atom stereocenters. The van der Waals surface area contributed by atoms with Gasteiger partial charge in [-0.1, -0.05) is 18.2 Å². The van der Waals surface area contributed by atoms with Crippen molar-refractivity contribution < 1.29 is 4.79 Å². The number of H-pyrrole nitrogens is 1. The SMILES string of the molecule is NC(=O)CN(Cc1ccccc1N)c1nc[nH]c(=O)c1N. The Morgan fingerprint density at radius 1 is 1.29 bits per heavy atom. The number of primary amides is 1. The average Bonchev–Trinajstić information content (AvgIpc) is 2.43. The van der Waals surface area contributed by atoms with Gasteiger partial charge in [0.05, 0.1) is 12.9 Å². The molecule has 0 fully saturated rings. The number of nitrogen functional groups attached to an aromatic ring is 2. The van der Waals surface area contributed by atoms with Gasteiger partial charge in [0.25, 0.3) is 5.56 Å². The van der Waals surface area contributed by atoms with Crippen molar-refractivity contribution in [3.8, 4) is 0 Å². The Labute approximate surface area is 120 Å². The van der Waals surface area contributed by atoms with Crippen LogP contribution in [0.2, 0.25) is 0 Å². The van der Waals surface area contributed by atoms with Gasteiger partial charge in [0.1, 0.15) is 5.69 Å². The fourth-order valence-corrected chi connectivity index (χ4v) is 1.93. The first-order valence-electron chi connectivity index (χ1n) is 6.19. The Morgan fingerprint density at radius 2 is 2.00 bits per heavy atom. The van der Waals surface area contributed by atoms with Crippen molar-refractivity contribution in [2.75, 3.05) is 22.9 Å². The first-order chi connectivity index (χ1) is 9.99. The second kappa shape index (κ2) is 5.95. The van der Waals surface area contributed by atoms with Gasteiger partial charge in [0.2, 0.25) is 5.91 Å². The number of benzene rings is 1. The molecule has 21 heavy (non-hydrogen) atoms. The number of nitrogens with two attached hydrogens (primary N) is 3. The van der Waals surface area contributed by atoms with Crippen LogP contribution in [-0.2, 0) is 11.3 Å². The summed E-state index contributed by atoms with van der Waals surface area (Å²) in [5, 5.41) is 0. The summed E-state index contributed by atoms with van der Waals surface area (Å²) >= 11 is 0. The van der Waals surface area contributed by atoms with Crippen molar-refractivity contribution in [2.24, 2.45) is 5.73 Å². The van der Waals surface area contributed by atoms with Gasteiger partial charge in [-0.25, -0.2) is 4.98 Å². The van der Waals surface area contributed by atoms with Crippen molar-refractivity contribution in [1.29, 1.82) is 0 Å². The first kappa shape index (κ1) is 14.4. The zero-order valence-corrected chi connectivity index (χ0v) is 11.2. The highest BCUT2D eigenvalue weighted by atomic mass is 16.1. The van der Waals surface area contributed by atoms with Crippen LogP contribution < -0.4 is 27.7 Å². The lowest BCUT2D eigenvalue weighted by molar-refractivity contribution is -0.116. The van der Waals surface area contributed by atoms with E-state index in [9.17, 15) is 9.59 Å². The van der Waals surface area contributed by atoms with Crippen molar-refractivity contribution >= 4 is 23.1 Å². The first-order valence-corrected chi connectivity index (χ1v) is 6.19. The fourth-order valence-electron chi connectivity index (χ4n) is 1.93. The molecule has 1 amide bonds. The third-order valence-corrected chi connectivity index (χ3v) is 2.93. The lowest BCUT2D eigenvalue weighted by Gasteiger charge is -2.23. The van der Waals surface area contributed by atoms with Crippen LogP contribution >= 0.6 is 0 Å². The molecule has 0 saturated heterocycles. The molecule has 7 N–H and O–H groups in total. The standard InChI is InChI=1S/C13H16N6O2/c14-9-4-2-1-3-8(9)5-19(6-10(15)20)12-11(16)13(21)18-7-17-12/h1-4,7H,5-6,14,16H2,(H2,15,20)(H,17,18,21). The van der Waals surface area contributed by atoms with Gasteiger partial charge in [-0.05, 0) is 11.6 Å². The van der Waals surface area contributed by atoms with E-state index in [4.69, 9.17) is 17.2 Å². The summed E-state index contributed by atoms with van der Waals surface area (Å²) in [6.07, 6.45) is 1.22. The van der Waals surface area contributed by atoms with Gasteiger partial charge in [-0.2, -0.15) is 0 Å². The van der Waals surface area contributed by atoms with E-state index >= 15 is 0 Å². The van der Waals surface area contributed by atoms with Crippen LogP contribution in [0, 0.1) is 0 Å². The van der Waals surface area contributed by atoms with Crippen LogP contribution in [0.15, 0.2) is 35.4 Å². The number of hydrogen-bond donors (Lipinski definition) is 4. The summed E-state index contributed by atoms with van der Waals surface area (Å²) < 4.78 is 0. The van der Waals surface area contributed by atoms with Crippen LogP contribution in [0.1, 0.15) is 5.56 Å². The lowest BCUT2D eigenvalue weighted by Crippen LogP contribution is -2.35. The number of aromatic nitrogens is 2. The number of para-hydroxylation sites is 1. The van der Waals surface area contributed by atoms with Crippen LogP contribution in [0.25, 0.3) is 0 Å². The highest BCUT2D eigenvalue weighted by Gasteiger charge is 2.17. The van der Waals surface area contributed by atoms with E-state index in [2.05, 4.69) is 9.97 Å². The molecule has 0 aliphatic heterocycles. The number of nitrogens with one attached hydrogen (secondary N) is 1. The number of hydrogen-bond acceptors (Lipinski definition) is 6. The molecule has 8 nitrogen and oxygen atoms in total. The quantitative estimate of drug-likeness (QED) is 0.542. The smallest absolute Gasteiger partial charge is 0.276 e. The van der Waals surface area contributed by atoms with E-state index in [0.717, 1.165) is 5.56 Å². The van der Waals surface area contributed by atoms with Crippen LogP contribution in [0.5, 0.6) is 0 Å². The molecule has 0 bridgehead atoms. The van der Waals surface area contributed by atoms with Crippen molar-refractivity contribution in [2.45, 2.75) is 6.54 Å². The molecule has 0 aliphatic rings. The zero-order chi connectivity index (χ0) is 15.4. The van der Waals surface area contributed by atoms with Crippen molar-refractivity contribution in [3.63, 3.8) is 0 Å². The Morgan fingerprint density at radius 3 is 2.67 bits per heavy atom. The molecular weight excluding hydrogens is 272 g/mol. The van der Waals surface area contributed by atoms with Gasteiger partial charge in [0.15, 0.2) is 5.82 Å². The molecular formula is C13H16N6O2. The van der Waals surface area contributed by atoms with Gasteiger partial charge in [0, 0.05) is 12.2 Å². The molecule has 1 aromatic heterocycles. The lowest BCUT2D eigenvalue weighted by atomic mass is 10.1. The minimum atomic E-state index is -0.564. The maximum absolute atomic E-state index is 11.6. The van der Waals surface area contributed by atoms with Gasteiger partial charge >= 0.3 is 0 Å². The average molecular weight is 288 g/mol. The van der Waals surface area contributed by atoms with E-state index < -0.39 is 11.5 Å². The monoisotopic (exact) mass is 288 g/mol. The van der Waals surface area contributed by atoms with Crippen molar-refractivity contribution in [3.05, 3.63) is 46.5 Å². The van der Waals surface area contributed by atoms with E-state index in [1.807, 2.05) is 12.1 Å². The number of aromatic amines is 1. The normalized spacial score (nSPS) is 10.3. The molecule has 2 aromatic rings. The summed E-state index contributed by atoms with van der Waals surface area (Å²) in [4.78, 5) is 30.7. The van der Waals surface area contributed by atoms with Crippen LogP contribution in [0.4, 0.5) is 17.2 Å². The molecule has 1 heterocycles. The van der Waals surface area contributed by atoms with Gasteiger partial charge < -0.3 is 27.1 Å². The number of anilines is 3. The Balaban J connectivity index is 2.39. The molecule has 8 heteroatoms. The Kier molecular flexibility index (Phi) is 4.07. The third-order valence-electron chi connectivity index (χ3n) is 2.93. The number of nitrogens with zero attached hydrogens (tertiary/aromatic N) is 2. The maximum atomic E-state index is 11.6. The van der Waals surface area contributed by atoms with E-state index in [1.54, 1.807) is 12.1 Å². The summed E-state index contributed by atoms with van der Waals surface area (Å²) in [6, 6.07) is 7.18. The molecule has 110 valence electrons. The van der Waals surface area contributed by atoms with Crippen LogP contribution in [0.3, 0.4) is 0 Å². The number of carbonyl (C=O) groups excluding carboxylic acids is 1. The summed E-state index contributed by atoms with van der Waals surface area (Å²) in [7, 11) is 0. The second-order valence-corrected chi connectivity index (χ2v) is 4.49. The van der Waals surface area contributed by atoms with Crippen LogP contribution in [-0.4, -0.2) is 22.4 Å². The third kappa shape index (κ3) is 3.30. The number of rotatable bonds is 5. The maximum Gasteiger partial charge on any atom is 0.276 e. The summed E-state index contributed by atoms with van der Waals surface area (Å²) in [6.45, 7) is 0.130. The Bertz CT molecular complexity index is 712. The predicted molar refractivity (Wildman–Crippen MR) is 80.4 cm³/mol. The molecule has 2 rings (SSSR count). The number of amides is 1. The molecule has 0 aliphatic carbocycles. The van der Waals surface area contributed by atoms with E-state index in [1.165, 1.54) is 11.2 Å². The number of carbonyl (C=O) groups is 1. The van der Waals surface area contributed by atoms with Gasteiger partial charge in [-0.15, -0.1) is 0 Å². The Hall–Kier alpha value is -3.03. The molecule has 0 unspecified atom stereocenters. The summed E-state index contributed by atoms with van der Waals surface area (Å²) in [5.74, 6) is -0.369. The largest absolute Gasteiger partial charge is 0.398 e. The summed E-state index contributed by atoms with van der Waals surface area (Å²) in [5.41, 5.74) is 17.6. The predicted octanol–water partition coefficient (Wildman–Crippen LogP) is -0.574. The van der Waals surface area contributed by atoms with E-state index in [0.29, 0.717) is 5.69 Å². The highest BCUT2D eigenvalue weighted by Crippen LogP contribution is 2.20. The highest BCUT2D eigenvalue weighted by molar-refractivity contribution is 5.80. The molecule has 0 saturated carbocycles. The zero-order valence-electron chi connectivity index (χ0n) is 11.2. The molecule has 1 aromatic carbocycles. The van der Waals surface area contributed by atoms with Crippen molar-refractivity contribution in [1.82, 2.24) is 9.97 Å². The molecule has 0 spiro atoms. The van der Waals surface area contributed by atoms with Gasteiger partial charge in [-0.3, -0.25) is 9.59 Å². The topological polar surface area (TPSA) is 144 Å². The fraction of sp³-hybridized carbons (Fsp3) is 0.154. The van der Waals surface area contributed by atoms with E-state index in [-0.39, 0.29) is 24.6 Å². The second-order valence-electron chi connectivity index (χ2n) is 4.49.